The molecule has 3 rings (SSSR count). The van der Waals surface area contributed by atoms with Gasteiger partial charge < -0.3 is 10.6 Å². The van der Waals surface area contributed by atoms with Crippen molar-refractivity contribution in [2.75, 3.05) is 23.7 Å². The molecule has 0 amide bonds. The second kappa shape index (κ2) is 5.48. The number of aromatic nitrogens is 2. The zero-order valence-electron chi connectivity index (χ0n) is 10.6. The zero-order chi connectivity index (χ0) is 13.1. The van der Waals surface area contributed by atoms with Crippen LogP contribution in [0.2, 0.25) is 0 Å². The molecular weight excluding hydrogens is 256 g/mol. The molecule has 1 aliphatic rings. The number of hydrogen-bond donors (Lipinski definition) is 1. The number of rotatable bonds is 3. The number of nitrogens with zero attached hydrogens (tertiary/aromatic N) is 3. The van der Waals surface area contributed by atoms with Gasteiger partial charge >= 0.3 is 0 Å². The Labute approximate surface area is 117 Å². The fraction of sp³-hybridized carbons (Fsp3) is 0.286. The maximum atomic E-state index is 6.22. The van der Waals surface area contributed by atoms with E-state index in [1.54, 1.807) is 18.1 Å². The molecular formula is C14H16N4S. The Bertz CT molecular complexity index is 553. The molecule has 2 heterocycles. The lowest BCUT2D eigenvalue weighted by atomic mass is 10.4. The maximum Gasteiger partial charge on any atom is 0.156 e. The standard InChI is InChI=1S/C14H16N4S/c15-12-13(18-8-4-5-9-18)16-10-17-14(12)19-11-6-2-1-3-7-11/h1-3,6-7,10H,4-5,8-9,15H2. The smallest absolute Gasteiger partial charge is 0.156 e. The van der Waals surface area contributed by atoms with Crippen LogP contribution in [0.1, 0.15) is 12.8 Å². The van der Waals surface area contributed by atoms with E-state index in [9.17, 15) is 0 Å². The third-order valence-corrected chi connectivity index (χ3v) is 4.22. The van der Waals surface area contributed by atoms with Gasteiger partial charge in [0, 0.05) is 18.0 Å². The summed E-state index contributed by atoms with van der Waals surface area (Å²) >= 11 is 1.58. The van der Waals surface area contributed by atoms with Gasteiger partial charge in [-0.25, -0.2) is 9.97 Å². The van der Waals surface area contributed by atoms with Crippen molar-refractivity contribution in [2.45, 2.75) is 22.8 Å². The van der Waals surface area contributed by atoms with Crippen molar-refractivity contribution in [3.63, 3.8) is 0 Å². The molecule has 4 nitrogen and oxygen atoms in total. The second-order valence-corrected chi connectivity index (χ2v) is 5.59. The third-order valence-electron chi connectivity index (χ3n) is 3.19. The predicted octanol–water partition coefficient (Wildman–Crippen LogP) is 2.81. The van der Waals surface area contributed by atoms with Gasteiger partial charge in [-0.05, 0) is 25.0 Å². The van der Waals surface area contributed by atoms with Crippen molar-refractivity contribution >= 4 is 23.3 Å². The second-order valence-electron chi connectivity index (χ2n) is 4.53. The van der Waals surface area contributed by atoms with Crippen LogP contribution in [-0.2, 0) is 0 Å². The van der Waals surface area contributed by atoms with E-state index < -0.39 is 0 Å². The molecule has 2 N–H and O–H groups in total. The van der Waals surface area contributed by atoms with Crippen LogP contribution in [0.25, 0.3) is 0 Å². The summed E-state index contributed by atoms with van der Waals surface area (Å²) in [6, 6.07) is 10.1. The Morgan fingerprint density at radius 3 is 2.53 bits per heavy atom. The largest absolute Gasteiger partial charge is 0.394 e. The number of nitrogens with two attached hydrogens (primary N) is 1. The lowest BCUT2D eigenvalue weighted by Gasteiger charge is -2.19. The molecule has 0 spiro atoms. The SMILES string of the molecule is Nc1c(Sc2ccccc2)ncnc1N1CCCC1. The summed E-state index contributed by atoms with van der Waals surface area (Å²) < 4.78 is 0. The van der Waals surface area contributed by atoms with Crippen LogP contribution < -0.4 is 10.6 Å². The predicted molar refractivity (Wildman–Crippen MR) is 78.5 cm³/mol. The summed E-state index contributed by atoms with van der Waals surface area (Å²) in [7, 11) is 0. The van der Waals surface area contributed by atoms with E-state index in [4.69, 9.17) is 5.73 Å². The van der Waals surface area contributed by atoms with E-state index in [1.807, 2.05) is 18.2 Å². The lowest BCUT2D eigenvalue weighted by Crippen LogP contribution is -2.21. The first kappa shape index (κ1) is 12.3. The topological polar surface area (TPSA) is 55.0 Å². The van der Waals surface area contributed by atoms with Crippen molar-refractivity contribution < 1.29 is 0 Å². The molecule has 0 unspecified atom stereocenters. The Kier molecular flexibility index (Phi) is 3.55. The van der Waals surface area contributed by atoms with Gasteiger partial charge in [-0.3, -0.25) is 0 Å². The van der Waals surface area contributed by atoms with Gasteiger partial charge in [0.05, 0.1) is 0 Å². The van der Waals surface area contributed by atoms with Crippen molar-refractivity contribution in [1.29, 1.82) is 0 Å². The average molecular weight is 272 g/mol. The molecule has 0 saturated carbocycles. The van der Waals surface area contributed by atoms with Crippen LogP contribution in [0.3, 0.4) is 0 Å². The Morgan fingerprint density at radius 1 is 1.05 bits per heavy atom. The van der Waals surface area contributed by atoms with Crippen molar-refractivity contribution in [2.24, 2.45) is 0 Å². The first-order valence-corrected chi connectivity index (χ1v) is 7.24. The summed E-state index contributed by atoms with van der Waals surface area (Å²) in [4.78, 5) is 12.0. The third kappa shape index (κ3) is 2.66. The highest BCUT2D eigenvalue weighted by Gasteiger charge is 2.18. The molecule has 19 heavy (non-hydrogen) atoms. The van der Waals surface area contributed by atoms with Crippen molar-refractivity contribution in [1.82, 2.24) is 9.97 Å². The molecule has 0 atom stereocenters. The van der Waals surface area contributed by atoms with Gasteiger partial charge in [-0.15, -0.1) is 0 Å². The molecule has 1 aromatic heterocycles. The van der Waals surface area contributed by atoms with Gasteiger partial charge in [0.1, 0.15) is 17.0 Å². The van der Waals surface area contributed by atoms with Crippen molar-refractivity contribution in [3.8, 4) is 0 Å². The van der Waals surface area contributed by atoms with Crippen LogP contribution in [0, 0.1) is 0 Å². The quantitative estimate of drug-likeness (QED) is 0.871. The highest BCUT2D eigenvalue weighted by molar-refractivity contribution is 7.99. The minimum Gasteiger partial charge on any atom is -0.394 e. The summed E-state index contributed by atoms with van der Waals surface area (Å²) in [6.07, 6.45) is 4.03. The molecule has 2 aromatic rings. The Hall–Kier alpha value is -1.75. The minimum atomic E-state index is 0.693. The highest BCUT2D eigenvalue weighted by Crippen LogP contribution is 2.34. The van der Waals surface area contributed by atoms with Gasteiger partial charge in [-0.1, -0.05) is 30.0 Å². The molecule has 0 bridgehead atoms. The van der Waals surface area contributed by atoms with E-state index >= 15 is 0 Å². The van der Waals surface area contributed by atoms with Gasteiger partial charge in [0.2, 0.25) is 0 Å². The van der Waals surface area contributed by atoms with E-state index in [0.717, 1.165) is 28.8 Å². The van der Waals surface area contributed by atoms with E-state index in [-0.39, 0.29) is 0 Å². The first-order chi connectivity index (χ1) is 9.34. The molecule has 0 radical (unpaired) electrons. The number of hydrogen-bond acceptors (Lipinski definition) is 5. The monoisotopic (exact) mass is 272 g/mol. The van der Waals surface area contributed by atoms with E-state index in [2.05, 4.69) is 27.0 Å². The van der Waals surface area contributed by atoms with Crippen LogP contribution in [0.4, 0.5) is 11.5 Å². The average Bonchev–Trinajstić information content (AvgIpc) is 2.96. The summed E-state index contributed by atoms with van der Waals surface area (Å²) in [5.74, 6) is 0.880. The summed E-state index contributed by atoms with van der Waals surface area (Å²) in [5.41, 5.74) is 6.92. The van der Waals surface area contributed by atoms with Crippen LogP contribution in [0.5, 0.6) is 0 Å². The molecule has 1 aromatic carbocycles. The van der Waals surface area contributed by atoms with E-state index in [1.165, 1.54) is 12.8 Å². The van der Waals surface area contributed by atoms with Crippen LogP contribution in [-0.4, -0.2) is 23.1 Å². The summed E-state index contributed by atoms with van der Waals surface area (Å²) in [5, 5.41) is 0.836. The van der Waals surface area contributed by atoms with Crippen LogP contribution >= 0.6 is 11.8 Å². The molecule has 1 saturated heterocycles. The lowest BCUT2D eigenvalue weighted by molar-refractivity contribution is 0.913. The molecule has 5 heteroatoms. The molecule has 1 fully saturated rings. The highest BCUT2D eigenvalue weighted by atomic mass is 32.2. The molecule has 0 aliphatic carbocycles. The number of anilines is 2. The number of nitrogen functional groups attached to an aromatic ring is 1. The van der Waals surface area contributed by atoms with Gasteiger partial charge in [-0.2, -0.15) is 0 Å². The molecule has 98 valence electrons. The van der Waals surface area contributed by atoms with E-state index in [0.29, 0.717) is 5.69 Å². The zero-order valence-corrected chi connectivity index (χ0v) is 11.4. The fourth-order valence-corrected chi connectivity index (χ4v) is 3.05. The van der Waals surface area contributed by atoms with Crippen LogP contribution in [0.15, 0.2) is 46.6 Å². The number of benzene rings is 1. The van der Waals surface area contributed by atoms with Crippen molar-refractivity contribution in [3.05, 3.63) is 36.7 Å². The Morgan fingerprint density at radius 2 is 1.79 bits per heavy atom. The fourth-order valence-electron chi connectivity index (χ4n) is 2.23. The maximum absolute atomic E-state index is 6.22. The summed E-state index contributed by atoms with van der Waals surface area (Å²) in [6.45, 7) is 2.08. The van der Waals surface area contributed by atoms with Gasteiger partial charge in [0.15, 0.2) is 5.82 Å². The Balaban J connectivity index is 1.88. The first-order valence-electron chi connectivity index (χ1n) is 6.43. The molecule has 1 aliphatic heterocycles. The van der Waals surface area contributed by atoms with Gasteiger partial charge in [0.25, 0.3) is 0 Å². The normalized spacial score (nSPS) is 14.8. The minimum absolute atomic E-state index is 0.693.